The number of benzene rings is 1. The van der Waals surface area contributed by atoms with E-state index < -0.39 is 0 Å². The van der Waals surface area contributed by atoms with Crippen LogP contribution in [0, 0.1) is 0 Å². The fraction of sp³-hybridized carbons (Fsp3) is 0.500. The molecule has 4 nitrogen and oxygen atoms in total. The van der Waals surface area contributed by atoms with Crippen LogP contribution >= 0.6 is 0 Å². The molecule has 0 aliphatic rings. The largest absolute Gasteiger partial charge is 0.494 e. The highest BCUT2D eigenvalue weighted by molar-refractivity contribution is 5.29. The SMILES string of the molecule is CCCOc1ccc(C(C)Cc2cn(CC)nn2)cc1. The van der Waals surface area contributed by atoms with Crippen molar-refractivity contribution in [2.45, 2.75) is 46.1 Å². The molecule has 2 aromatic rings. The van der Waals surface area contributed by atoms with Gasteiger partial charge < -0.3 is 4.74 Å². The van der Waals surface area contributed by atoms with Crippen molar-refractivity contribution >= 4 is 0 Å². The molecule has 0 saturated carbocycles. The van der Waals surface area contributed by atoms with Crippen molar-refractivity contribution in [2.75, 3.05) is 6.61 Å². The van der Waals surface area contributed by atoms with Crippen LogP contribution in [0.2, 0.25) is 0 Å². The summed E-state index contributed by atoms with van der Waals surface area (Å²) in [5, 5.41) is 8.27. The van der Waals surface area contributed by atoms with E-state index in [1.165, 1.54) is 5.56 Å². The summed E-state index contributed by atoms with van der Waals surface area (Å²) >= 11 is 0. The number of aromatic nitrogens is 3. The minimum absolute atomic E-state index is 0.428. The third-order valence-corrected chi connectivity index (χ3v) is 3.35. The molecular formula is C16H23N3O. The first-order chi connectivity index (χ1) is 9.72. The van der Waals surface area contributed by atoms with E-state index >= 15 is 0 Å². The monoisotopic (exact) mass is 273 g/mol. The Kier molecular flexibility index (Phi) is 5.16. The number of hydrogen-bond acceptors (Lipinski definition) is 3. The van der Waals surface area contributed by atoms with E-state index in [2.05, 4.69) is 43.2 Å². The van der Waals surface area contributed by atoms with Gasteiger partial charge >= 0.3 is 0 Å². The molecule has 1 heterocycles. The smallest absolute Gasteiger partial charge is 0.119 e. The van der Waals surface area contributed by atoms with Crippen LogP contribution in [0.4, 0.5) is 0 Å². The lowest BCUT2D eigenvalue weighted by molar-refractivity contribution is 0.317. The van der Waals surface area contributed by atoms with E-state index in [4.69, 9.17) is 4.74 Å². The Bertz CT molecular complexity index is 519. The van der Waals surface area contributed by atoms with E-state index in [0.29, 0.717) is 5.92 Å². The molecule has 0 bridgehead atoms. The number of hydrogen-bond donors (Lipinski definition) is 0. The zero-order chi connectivity index (χ0) is 14.4. The molecule has 0 amide bonds. The quantitative estimate of drug-likeness (QED) is 0.776. The average molecular weight is 273 g/mol. The summed E-state index contributed by atoms with van der Waals surface area (Å²) in [5.41, 5.74) is 2.35. The molecule has 108 valence electrons. The van der Waals surface area contributed by atoms with Gasteiger partial charge in [0, 0.05) is 12.7 Å². The second kappa shape index (κ2) is 7.08. The highest BCUT2D eigenvalue weighted by atomic mass is 16.5. The van der Waals surface area contributed by atoms with Crippen LogP contribution in [0.3, 0.4) is 0 Å². The second-order valence-electron chi connectivity index (χ2n) is 5.09. The van der Waals surface area contributed by atoms with Crippen molar-refractivity contribution in [3.63, 3.8) is 0 Å². The van der Waals surface area contributed by atoms with Gasteiger partial charge in [0.25, 0.3) is 0 Å². The van der Waals surface area contributed by atoms with E-state index in [-0.39, 0.29) is 0 Å². The number of rotatable bonds is 7. The lowest BCUT2D eigenvalue weighted by Gasteiger charge is -2.11. The molecule has 2 rings (SSSR count). The molecule has 0 spiro atoms. The Balaban J connectivity index is 1.96. The maximum absolute atomic E-state index is 5.60. The first-order valence-corrected chi connectivity index (χ1v) is 7.34. The maximum atomic E-state index is 5.60. The Morgan fingerprint density at radius 2 is 1.95 bits per heavy atom. The molecule has 20 heavy (non-hydrogen) atoms. The van der Waals surface area contributed by atoms with Gasteiger partial charge in [-0.05, 0) is 43.4 Å². The van der Waals surface area contributed by atoms with Crippen molar-refractivity contribution in [1.29, 1.82) is 0 Å². The summed E-state index contributed by atoms with van der Waals surface area (Å²) in [6.07, 6.45) is 3.97. The van der Waals surface area contributed by atoms with Gasteiger partial charge in [0.1, 0.15) is 5.75 Å². The number of ether oxygens (including phenoxy) is 1. The zero-order valence-corrected chi connectivity index (χ0v) is 12.5. The standard InChI is InChI=1S/C16H23N3O/c1-4-10-20-16-8-6-14(7-9-16)13(3)11-15-12-19(5-2)18-17-15/h6-9,12-13H,4-5,10-11H2,1-3H3. The highest BCUT2D eigenvalue weighted by Gasteiger charge is 2.09. The molecular weight excluding hydrogens is 250 g/mol. The molecule has 1 aromatic carbocycles. The summed E-state index contributed by atoms with van der Waals surface area (Å²) in [5.74, 6) is 1.37. The number of aryl methyl sites for hydroxylation is 1. The summed E-state index contributed by atoms with van der Waals surface area (Å²) in [4.78, 5) is 0. The topological polar surface area (TPSA) is 39.9 Å². The van der Waals surface area contributed by atoms with E-state index in [9.17, 15) is 0 Å². The Labute approximate surface area is 120 Å². The minimum atomic E-state index is 0.428. The van der Waals surface area contributed by atoms with Crippen molar-refractivity contribution in [1.82, 2.24) is 15.0 Å². The molecule has 1 aromatic heterocycles. The molecule has 1 atom stereocenters. The fourth-order valence-electron chi connectivity index (χ4n) is 2.13. The fourth-order valence-corrected chi connectivity index (χ4v) is 2.13. The third-order valence-electron chi connectivity index (χ3n) is 3.35. The van der Waals surface area contributed by atoms with Gasteiger partial charge in [0.05, 0.1) is 12.3 Å². The molecule has 4 heteroatoms. The second-order valence-corrected chi connectivity index (χ2v) is 5.09. The van der Waals surface area contributed by atoms with Gasteiger partial charge in [-0.15, -0.1) is 5.10 Å². The van der Waals surface area contributed by atoms with Crippen LogP contribution in [0.15, 0.2) is 30.5 Å². The van der Waals surface area contributed by atoms with Gasteiger partial charge in [0.2, 0.25) is 0 Å². The van der Waals surface area contributed by atoms with Crippen LogP contribution in [0.1, 0.15) is 44.4 Å². The predicted molar refractivity (Wildman–Crippen MR) is 80.0 cm³/mol. The van der Waals surface area contributed by atoms with Gasteiger partial charge in [0.15, 0.2) is 0 Å². The molecule has 0 N–H and O–H groups in total. The Hall–Kier alpha value is -1.84. The van der Waals surface area contributed by atoms with Gasteiger partial charge in [-0.25, -0.2) is 0 Å². The summed E-state index contributed by atoms with van der Waals surface area (Å²) in [7, 11) is 0. The minimum Gasteiger partial charge on any atom is -0.494 e. The number of nitrogens with zero attached hydrogens (tertiary/aromatic N) is 3. The van der Waals surface area contributed by atoms with Gasteiger partial charge in [-0.1, -0.05) is 31.2 Å². The molecule has 0 saturated heterocycles. The van der Waals surface area contributed by atoms with Crippen molar-refractivity contribution < 1.29 is 4.74 Å². The van der Waals surface area contributed by atoms with Crippen molar-refractivity contribution in [2.24, 2.45) is 0 Å². The molecule has 1 unspecified atom stereocenters. The van der Waals surface area contributed by atoms with Crippen LogP contribution in [-0.2, 0) is 13.0 Å². The van der Waals surface area contributed by atoms with E-state index in [1.54, 1.807) is 0 Å². The van der Waals surface area contributed by atoms with E-state index in [1.807, 2.05) is 23.0 Å². The first-order valence-electron chi connectivity index (χ1n) is 7.34. The van der Waals surface area contributed by atoms with E-state index in [0.717, 1.165) is 37.4 Å². The lowest BCUT2D eigenvalue weighted by Crippen LogP contribution is -2.00. The Morgan fingerprint density at radius 1 is 1.20 bits per heavy atom. The zero-order valence-electron chi connectivity index (χ0n) is 12.5. The molecule has 0 aliphatic heterocycles. The van der Waals surface area contributed by atoms with Gasteiger partial charge in [-0.2, -0.15) is 0 Å². The van der Waals surface area contributed by atoms with Crippen LogP contribution < -0.4 is 4.74 Å². The average Bonchev–Trinajstić information content (AvgIpc) is 2.93. The molecule has 0 fully saturated rings. The molecule has 0 radical (unpaired) electrons. The van der Waals surface area contributed by atoms with Crippen molar-refractivity contribution in [3.05, 3.63) is 41.7 Å². The van der Waals surface area contributed by atoms with Crippen LogP contribution in [0.5, 0.6) is 5.75 Å². The summed E-state index contributed by atoms with van der Waals surface area (Å²) in [6.45, 7) is 8.03. The lowest BCUT2D eigenvalue weighted by atomic mass is 9.96. The predicted octanol–water partition coefficient (Wildman–Crippen LogP) is 3.43. The maximum Gasteiger partial charge on any atom is 0.119 e. The van der Waals surface area contributed by atoms with Gasteiger partial charge in [-0.3, -0.25) is 4.68 Å². The molecule has 0 aliphatic carbocycles. The summed E-state index contributed by atoms with van der Waals surface area (Å²) in [6, 6.07) is 8.37. The highest BCUT2D eigenvalue weighted by Crippen LogP contribution is 2.22. The van der Waals surface area contributed by atoms with Crippen LogP contribution in [0.25, 0.3) is 0 Å². The normalized spacial score (nSPS) is 12.3. The van der Waals surface area contributed by atoms with Crippen molar-refractivity contribution in [3.8, 4) is 5.75 Å². The Morgan fingerprint density at radius 3 is 2.55 bits per heavy atom. The summed E-state index contributed by atoms with van der Waals surface area (Å²) < 4.78 is 7.47. The third kappa shape index (κ3) is 3.83. The van der Waals surface area contributed by atoms with Crippen LogP contribution in [-0.4, -0.2) is 21.6 Å². The first kappa shape index (κ1) is 14.6.